The number of halogens is 2. The maximum atomic E-state index is 14.2. The lowest BCUT2D eigenvalue weighted by Gasteiger charge is -2.27. The second kappa shape index (κ2) is 16.3. The standard InChI is InChI=1S/C32H44F2O8/c1-21(2)41-31(36)7-5-6-22-9-12-25-26(29(40-20-35)17-28(25)38-18-22)13-11-24(42-32-8-3-4-15-37-32)19-39-30-16-23(33)10-14-27(30)34/h10-11,13-14,16,20-22,24-26,28-29,32H,3-9,12,15,17-19H2,1-2H3/t22-,24+,25+,26+,28-,29-,32?/m0/s1. The van der Waals surface area contributed by atoms with Crippen LogP contribution in [0.3, 0.4) is 0 Å². The molecule has 3 fully saturated rings. The summed E-state index contributed by atoms with van der Waals surface area (Å²) in [5, 5.41) is 0. The van der Waals surface area contributed by atoms with Crippen LogP contribution in [0.15, 0.2) is 30.4 Å². The molecule has 2 saturated heterocycles. The van der Waals surface area contributed by atoms with Crippen molar-refractivity contribution in [2.24, 2.45) is 17.8 Å². The third-order valence-corrected chi connectivity index (χ3v) is 8.22. The number of carbonyl (C=O) groups is 2. The summed E-state index contributed by atoms with van der Waals surface area (Å²) in [6.45, 7) is 5.32. The Bertz CT molecular complexity index is 1030. The summed E-state index contributed by atoms with van der Waals surface area (Å²) in [5.74, 6) is -1.25. The molecule has 10 heteroatoms. The highest BCUT2D eigenvalue weighted by Crippen LogP contribution is 2.43. The van der Waals surface area contributed by atoms with Crippen molar-refractivity contribution in [1.29, 1.82) is 0 Å². The molecule has 1 aromatic rings. The van der Waals surface area contributed by atoms with Crippen molar-refractivity contribution in [2.45, 2.75) is 102 Å². The Morgan fingerprint density at radius 3 is 2.76 bits per heavy atom. The first-order valence-corrected chi connectivity index (χ1v) is 15.3. The molecule has 1 unspecified atom stereocenters. The van der Waals surface area contributed by atoms with Gasteiger partial charge in [-0.15, -0.1) is 0 Å². The fraction of sp³-hybridized carbons (Fsp3) is 0.688. The van der Waals surface area contributed by atoms with Gasteiger partial charge in [-0.2, -0.15) is 0 Å². The van der Waals surface area contributed by atoms with E-state index in [4.69, 9.17) is 28.4 Å². The van der Waals surface area contributed by atoms with Gasteiger partial charge in [0.15, 0.2) is 17.9 Å². The predicted octanol–water partition coefficient (Wildman–Crippen LogP) is 5.91. The number of rotatable bonds is 14. The number of ether oxygens (including phenoxy) is 6. The van der Waals surface area contributed by atoms with E-state index < -0.39 is 24.0 Å². The Morgan fingerprint density at radius 2 is 2.00 bits per heavy atom. The zero-order valence-corrected chi connectivity index (χ0v) is 24.6. The predicted molar refractivity (Wildman–Crippen MR) is 150 cm³/mol. The van der Waals surface area contributed by atoms with E-state index in [2.05, 4.69) is 0 Å². The van der Waals surface area contributed by atoms with Gasteiger partial charge in [-0.25, -0.2) is 8.78 Å². The minimum absolute atomic E-state index is 0.0471. The van der Waals surface area contributed by atoms with Crippen molar-refractivity contribution in [2.75, 3.05) is 19.8 Å². The number of carbonyl (C=O) groups excluding carboxylic acids is 2. The molecule has 0 N–H and O–H groups in total. The van der Waals surface area contributed by atoms with Crippen molar-refractivity contribution in [1.82, 2.24) is 0 Å². The smallest absolute Gasteiger partial charge is 0.306 e. The summed E-state index contributed by atoms with van der Waals surface area (Å²) in [5.41, 5.74) is 0. The number of hydrogen-bond acceptors (Lipinski definition) is 8. The molecule has 0 spiro atoms. The SMILES string of the molecule is CC(C)OC(=O)CCC[C@H]1CC[C@@H]2[C@@H](C=C[C@H](COc3cc(F)ccc3F)OC3CCCCO3)[C@@H](OC=O)C[C@@H]2OC1. The molecular weight excluding hydrogens is 550 g/mol. The Hall–Kier alpha value is -2.56. The van der Waals surface area contributed by atoms with Crippen LogP contribution in [0.25, 0.3) is 0 Å². The summed E-state index contributed by atoms with van der Waals surface area (Å²) < 4.78 is 62.5. The van der Waals surface area contributed by atoms with E-state index in [0.717, 1.165) is 63.1 Å². The summed E-state index contributed by atoms with van der Waals surface area (Å²) in [6, 6.07) is 3.07. The third-order valence-electron chi connectivity index (χ3n) is 8.22. The van der Waals surface area contributed by atoms with Crippen LogP contribution in [0.1, 0.15) is 71.6 Å². The van der Waals surface area contributed by atoms with E-state index in [-0.39, 0.29) is 48.5 Å². The molecule has 7 atom stereocenters. The van der Waals surface area contributed by atoms with Crippen LogP contribution in [-0.4, -0.2) is 63.0 Å². The monoisotopic (exact) mass is 594 g/mol. The summed E-state index contributed by atoms with van der Waals surface area (Å²) in [7, 11) is 0. The molecule has 3 aliphatic rings. The molecule has 1 saturated carbocycles. The van der Waals surface area contributed by atoms with Gasteiger partial charge in [-0.3, -0.25) is 9.59 Å². The Labute approximate surface area is 247 Å². The van der Waals surface area contributed by atoms with Gasteiger partial charge in [0.25, 0.3) is 6.47 Å². The van der Waals surface area contributed by atoms with Gasteiger partial charge in [-0.1, -0.05) is 12.2 Å². The molecule has 2 heterocycles. The maximum absolute atomic E-state index is 14.2. The zero-order valence-electron chi connectivity index (χ0n) is 24.6. The quantitative estimate of drug-likeness (QED) is 0.149. The Morgan fingerprint density at radius 1 is 1.14 bits per heavy atom. The largest absolute Gasteiger partial charge is 0.487 e. The van der Waals surface area contributed by atoms with E-state index in [1.807, 2.05) is 26.0 Å². The van der Waals surface area contributed by atoms with Crippen molar-refractivity contribution in [3.05, 3.63) is 42.0 Å². The highest BCUT2D eigenvalue weighted by molar-refractivity contribution is 5.69. The highest BCUT2D eigenvalue weighted by atomic mass is 19.1. The average molecular weight is 595 g/mol. The van der Waals surface area contributed by atoms with Gasteiger partial charge < -0.3 is 28.4 Å². The minimum atomic E-state index is -0.659. The summed E-state index contributed by atoms with van der Waals surface area (Å²) in [4.78, 5) is 23.2. The van der Waals surface area contributed by atoms with Crippen molar-refractivity contribution in [3.63, 3.8) is 0 Å². The van der Waals surface area contributed by atoms with Crippen molar-refractivity contribution >= 4 is 12.4 Å². The summed E-state index contributed by atoms with van der Waals surface area (Å²) >= 11 is 0. The summed E-state index contributed by atoms with van der Waals surface area (Å²) in [6.07, 6.45) is 9.43. The first-order valence-electron chi connectivity index (χ1n) is 15.3. The second-order valence-corrected chi connectivity index (χ2v) is 11.7. The number of esters is 1. The molecular formula is C32H44F2O8. The van der Waals surface area contributed by atoms with Crippen LogP contribution < -0.4 is 4.74 Å². The molecule has 42 heavy (non-hydrogen) atoms. The van der Waals surface area contributed by atoms with Gasteiger partial charge >= 0.3 is 5.97 Å². The van der Waals surface area contributed by atoms with Crippen molar-refractivity contribution < 1.29 is 46.8 Å². The van der Waals surface area contributed by atoms with Crippen LogP contribution in [0.2, 0.25) is 0 Å². The van der Waals surface area contributed by atoms with Gasteiger partial charge in [0, 0.05) is 38.0 Å². The molecule has 0 aromatic heterocycles. The lowest BCUT2D eigenvalue weighted by molar-refractivity contribution is -0.183. The Balaban J connectivity index is 1.40. The lowest BCUT2D eigenvalue weighted by Crippen LogP contribution is -2.31. The molecule has 234 valence electrons. The van der Waals surface area contributed by atoms with Crippen LogP contribution >= 0.6 is 0 Å². The molecule has 1 aromatic carbocycles. The van der Waals surface area contributed by atoms with E-state index >= 15 is 0 Å². The molecule has 8 nitrogen and oxygen atoms in total. The second-order valence-electron chi connectivity index (χ2n) is 11.7. The molecule has 0 radical (unpaired) electrons. The topological polar surface area (TPSA) is 89.5 Å². The van der Waals surface area contributed by atoms with Crippen LogP contribution in [0.5, 0.6) is 5.75 Å². The van der Waals surface area contributed by atoms with Crippen LogP contribution in [-0.2, 0) is 33.3 Å². The van der Waals surface area contributed by atoms with E-state index in [0.29, 0.717) is 38.4 Å². The van der Waals surface area contributed by atoms with Crippen LogP contribution in [0, 0.1) is 29.4 Å². The lowest BCUT2D eigenvalue weighted by atomic mass is 9.86. The fourth-order valence-electron chi connectivity index (χ4n) is 6.16. The van der Waals surface area contributed by atoms with Gasteiger partial charge in [0.2, 0.25) is 0 Å². The fourth-order valence-corrected chi connectivity index (χ4v) is 6.16. The van der Waals surface area contributed by atoms with Gasteiger partial charge in [-0.05, 0) is 82.8 Å². The van der Waals surface area contributed by atoms with E-state index in [1.54, 1.807) is 0 Å². The number of hydrogen-bond donors (Lipinski definition) is 0. The Kier molecular flexibility index (Phi) is 12.6. The number of benzene rings is 1. The van der Waals surface area contributed by atoms with Gasteiger partial charge in [0.05, 0.1) is 12.2 Å². The maximum Gasteiger partial charge on any atom is 0.306 e. The average Bonchev–Trinajstić information content (AvgIpc) is 3.15. The van der Waals surface area contributed by atoms with E-state index in [1.165, 1.54) is 0 Å². The van der Waals surface area contributed by atoms with E-state index in [9.17, 15) is 18.4 Å². The molecule has 2 aliphatic heterocycles. The normalized spacial score (nSPS) is 28.7. The van der Waals surface area contributed by atoms with Gasteiger partial charge in [0.1, 0.15) is 24.6 Å². The zero-order chi connectivity index (χ0) is 29.9. The minimum Gasteiger partial charge on any atom is -0.487 e. The van der Waals surface area contributed by atoms with Crippen molar-refractivity contribution in [3.8, 4) is 5.75 Å². The molecule has 0 amide bonds. The number of fused-ring (bicyclic) bond motifs is 1. The van der Waals surface area contributed by atoms with Crippen LogP contribution in [0.4, 0.5) is 8.78 Å². The first kappa shape index (κ1) is 32.4. The molecule has 1 aliphatic carbocycles. The third kappa shape index (κ3) is 9.74. The molecule has 0 bridgehead atoms. The first-order chi connectivity index (χ1) is 20.3. The highest BCUT2D eigenvalue weighted by Gasteiger charge is 2.45. The molecule has 4 rings (SSSR count).